The molecule has 0 fully saturated rings. The predicted molar refractivity (Wildman–Crippen MR) is 41.2 cm³/mol. The van der Waals surface area contributed by atoms with E-state index in [-0.39, 0.29) is 6.10 Å². The molecular weight excluding hydrogens is 168 g/mol. The third-order valence-electron chi connectivity index (χ3n) is 0.702. The molecule has 4 heteroatoms. The molecule has 0 amide bonds. The Morgan fingerprint density at radius 1 is 1.36 bits per heavy atom. The van der Waals surface area contributed by atoms with Crippen LogP contribution in [0.3, 0.4) is 0 Å². The third-order valence-corrected chi connectivity index (χ3v) is 0.828. The number of ether oxygens (including phenoxy) is 1. The van der Waals surface area contributed by atoms with Gasteiger partial charge in [0.15, 0.2) is 0 Å². The lowest BCUT2D eigenvalue weighted by Gasteiger charge is -2.02. The molecule has 0 atom stereocenters. The van der Waals surface area contributed by atoms with Crippen LogP contribution in [-0.2, 0) is 14.3 Å². The fraction of sp³-hybridized carbons (Fsp3) is 0.429. The quantitative estimate of drug-likeness (QED) is 0.369. The van der Waals surface area contributed by atoms with Gasteiger partial charge in [0.05, 0.1) is 6.10 Å². The van der Waals surface area contributed by atoms with Gasteiger partial charge < -0.3 is 4.74 Å². The number of allylic oxidation sites excluding steroid dienone is 1. The van der Waals surface area contributed by atoms with Crippen LogP contribution in [0.1, 0.15) is 13.8 Å². The summed E-state index contributed by atoms with van der Waals surface area (Å²) in [6.07, 6.45) is 1.76. The monoisotopic (exact) mass is 176 g/mol. The number of hydrogen-bond donors (Lipinski definition) is 0. The first-order chi connectivity index (χ1) is 5.02. The van der Waals surface area contributed by atoms with Crippen LogP contribution in [0.2, 0.25) is 0 Å². The minimum absolute atomic E-state index is 0.183. The summed E-state index contributed by atoms with van der Waals surface area (Å²) in [5, 5.41) is -0.689. The first kappa shape index (κ1) is 10.2. The lowest BCUT2D eigenvalue weighted by atomic mass is 10.4. The molecule has 0 spiro atoms. The average molecular weight is 177 g/mol. The van der Waals surface area contributed by atoms with E-state index in [2.05, 4.69) is 4.74 Å². The fourth-order valence-electron chi connectivity index (χ4n) is 0.405. The van der Waals surface area contributed by atoms with Crippen LogP contribution in [0.4, 0.5) is 0 Å². The topological polar surface area (TPSA) is 43.4 Å². The van der Waals surface area contributed by atoms with Gasteiger partial charge in [-0.1, -0.05) is 0 Å². The summed E-state index contributed by atoms with van der Waals surface area (Å²) in [6, 6.07) is 0. The predicted octanol–water partition coefficient (Wildman–Crippen LogP) is 1.26. The highest BCUT2D eigenvalue weighted by Crippen LogP contribution is 1.91. The molecule has 3 nitrogen and oxygen atoms in total. The van der Waals surface area contributed by atoms with Gasteiger partial charge in [-0.3, -0.25) is 4.79 Å². The number of halogens is 1. The Hall–Kier alpha value is -0.830. The fourth-order valence-corrected chi connectivity index (χ4v) is 0.468. The molecule has 0 N–H and O–H groups in total. The minimum Gasteiger partial charge on any atom is -0.460 e. The molecule has 0 aliphatic rings. The van der Waals surface area contributed by atoms with Gasteiger partial charge in [0.25, 0.3) is 0 Å². The standard InChI is InChI=1S/C7H9ClO3/c1-5(2)11-7(10)4-3-6(8)9/h3-5H,1-2H3/b4-3+. The van der Waals surface area contributed by atoms with E-state index in [1.165, 1.54) is 0 Å². The van der Waals surface area contributed by atoms with Crippen molar-refractivity contribution in [3.05, 3.63) is 12.2 Å². The highest BCUT2D eigenvalue weighted by molar-refractivity contribution is 6.66. The molecule has 0 aromatic heterocycles. The van der Waals surface area contributed by atoms with Crippen molar-refractivity contribution in [2.75, 3.05) is 0 Å². The molecule has 0 aromatic carbocycles. The maximum atomic E-state index is 10.6. The Morgan fingerprint density at radius 2 is 1.91 bits per heavy atom. The van der Waals surface area contributed by atoms with Crippen molar-refractivity contribution < 1.29 is 14.3 Å². The number of rotatable bonds is 3. The van der Waals surface area contributed by atoms with E-state index in [4.69, 9.17) is 11.6 Å². The number of carbonyl (C=O) groups is 2. The first-order valence-electron chi connectivity index (χ1n) is 3.10. The third kappa shape index (κ3) is 7.06. The van der Waals surface area contributed by atoms with Crippen molar-refractivity contribution in [3.63, 3.8) is 0 Å². The molecule has 0 radical (unpaired) electrons. The second-order valence-electron chi connectivity index (χ2n) is 2.12. The van der Waals surface area contributed by atoms with E-state index in [0.29, 0.717) is 0 Å². The second-order valence-corrected chi connectivity index (χ2v) is 2.50. The zero-order valence-corrected chi connectivity index (χ0v) is 7.09. The van der Waals surface area contributed by atoms with Crippen molar-refractivity contribution in [1.29, 1.82) is 0 Å². The summed E-state index contributed by atoms with van der Waals surface area (Å²) < 4.78 is 4.66. The summed E-state index contributed by atoms with van der Waals surface area (Å²) in [5.41, 5.74) is 0. The van der Waals surface area contributed by atoms with Crippen LogP contribution in [0.5, 0.6) is 0 Å². The molecule has 0 aliphatic heterocycles. The summed E-state index contributed by atoms with van der Waals surface area (Å²) >= 11 is 4.92. The van der Waals surface area contributed by atoms with Crippen LogP contribution < -0.4 is 0 Å². The normalized spacial score (nSPS) is 10.5. The van der Waals surface area contributed by atoms with Gasteiger partial charge in [0.1, 0.15) is 0 Å². The Balaban J connectivity index is 3.78. The first-order valence-corrected chi connectivity index (χ1v) is 3.48. The van der Waals surface area contributed by atoms with Crippen molar-refractivity contribution in [3.8, 4) is 0 Å². The van der Waals surface area contributed by atoms with Crippen LogP contribution in [0.25, 0.3) is 0 Å². The largest absolute Gasteiger partial charge is 0.460 e. The molecule has 0 saturated carbocycles. The van der Waals surface area contributed by atoms with Gasteiger partial charge in [-0.25, -0.2) is 4.79 Å². The Bertz CT molecular complexity index is 184. The lowest BCUT2D eigenvalue weighted by Crippen LogP contribution is -2.08. The van der Waals surface area contributed by atoms with E-state index < -0.39 is 11.2 Å². The van der Waals surface area contributed by atoms with E-state index in [9.17, 15) is 9.59 Å². The number of esters is 1. The summed E-state index contributed by atoms with van der Waals surface area (Å²) in [4.78, 5) is 20.7. The Morgan fingerprint density at radius 3 is 2.27 bits per heavy atom. The van der Waals surface area contributed by atoms with Gasteiger partial charge in [0.2, 0.25) is 5.24 Å². The van der Waals surface area contributed by atoms with E-state index in [1.807, 2.05) is 0 Å². The van der Waals surface area contributed by atoms with Crippen molar-refractivity contribution in [2.24, 2.45) is 0 Å². The van der Waals surface area contributed by atoms with Gasteiger partial charge in [0, 0.05) is 12.2 Å². The van der Waals surface area contributed by atoms with Crippen molar-refractivity contribution in [1.82, 2.24) is 0 Å². The maximum absolute atomic E-state index is 10.6. The van der Waals surface area contributed by atoms with E-state index in [0.717, 1.165) is 12.2 Å². The van der Waals surface area contributed by atoms with Crippen LogP contribution in [-0.4, -0.2) is 17.3 Å². The molecule has 0 bridgehead atoms. The zero-order chi connectivity index (χ0) is 8.85. The average Bonchev–Trinajstić information content (AvgIpc) is 1.82. The Labute approximate surface area is 70.0 Å². The zero-order valence-electron chi connectivity index (χ0n) is 6.33. The van der Waals surface area contributed by atoms with Crippen LogP contribution in [0, 0.1) is 0 Å². The smallest absolute Gasteiger partial charge is 0.331 e. The second kappa shape index (κ2) is 4.91. The number of hydrogen-bond acceptors (Lipinski definition) is 3. The van der Waals surface area contributed by atoms with Crippen molar-refractivity contribution >= 4 is 22.8 Å². The van der Waals surface area contributed by atoms with Crippen molar-refractivity contribution in [2.45, 2.75) is 20.0 Å². The van der Waals surface area contributed by atoms with Gasteiger partial charge >= 0.3 is 5.97 Å². The van der Waals surface area contributed by atoms with Gasteiger partial charge in [-0.05, 0) is 25.4 Å². The molecule has 0 aliphatic carbocycles. The highest BCUT2D eigenvalue weighted by Gasteiger charge is 1.99. The van der Waals surface area contributed by atoms with Crippen LogP contribution >= 0.6 is 11.6 Å². The summed E-state index contributed by atoms with van der Waals surface area (Å²) in [7, 11) is 0. The van der Waals surface area contributed by atoms with Crippen LogP contribution in [0.15, 0.2) is 12.2 Å². The summed E-state index contributed by atoms with van der Waals surface area (Å²) in [6.45, 7) is 3.43. The number of carbonyl (C=O) groups excluding carboxylic acids is 2. The van der Waals surface area contributed by atoms with E-state index >= 15 is 0 Å². The minimum atomic E-state index is -0.689. The van der Waals surface area contributed by atoms with Gasteiger partial charge in [-0.2, -0.15) is 0 Å². The molecule has 0 saturated heterocycles. The highest BCUT2D eigenvalue weighted by atomic mass is 35.5. The van der Waals surface area contributed by atoms with Gasteiger partial charge in [-0.15, -0.1) is 0 Å². The SMILES string of the molecule is CC(C)OC(=O)/C=C/C(=O)Cl. The lowest BCUT2D eigenvalue weighted by molar-refractivity contribution is -0.141. The molecular formula is C7H9ClO3. The van der Waals surface area contributed by atoms with E-state index in [1.54, 1.807) is 13.8 Å². The summed E-state index contributed by atoms with van der Waals surface area (Å²) in [5.74, 6) is -0.561. The molecule has 62 valence electrons. The molecule has 0 heterocycles. The molecule has 0 unspecified atom stereocenters. The molecule has 0 aromatic rings. The molecule has 11 heavy (non-hydrogen) atoms. The Kier molecular flexibility index (Phi) is 4.54. The maximum Gasteiger partial charge on any atom is 0.331 e. The molecule has 0 rings (SSSR count).